The monoisotopic (exact) mass is 971 g/mol. The Labute approximate surface area is 420 Å². The second kappa shape index (κ2) is 21.2. The number of fused-ring (bicyclic) bond motifs is 8. The number of anilines is 1. The fourth-order valence-electron chi connectivity index (χ4n) is 11.8. The van der Waals surface area contributed by atoms with Gasteiger partial charge in [-0.3, -0.25) is 9.59 Å². The molecule has 6 aromatic rings. The van der Waals surface area contributed by atoms with Crippen LogP contribution in [0.2, 0.25) is 0 Å². The van der Waals surface area contributed by atoms with E-state index >= 15 is 4.79 Å². The fourth-order valence-corrected chi connectivity index (χ4v) is 11.8. The summed E-state index contributed by atoms with van der Waals surface area (Å²) in [5.41, 5.74) is 7.59. The van der Waals surface area contributed by atoms with E-state index in [4.69, 9.17) is 4.74 Å². The highest BCUT2D eigenvalue weighted by atomic mass is 16.5. The van der Waals surface area contributed by atoms with Crippen molar-refractivity contribution in [1.29, 1.82) is 0 Å². The number of ketones is 2. The van der Waals surface area contributed by atoms with Gasteiger partial charge in [0, 0.05) is 67.0 Å². The predicted molar refractivity (Wildman–Crippen MR) is 277 cm³/mol. The van der Waals surface area contributed by atoms with Gasteiger partial charge >= 0.3 is 0 Å². The van der Waals surface area contributed by atoms with Crippen LogP contribution in [0.5, 0.6) is 17.2 Å². The lowest BCUT2D eigenvalue weighted by atomic mass is 9.67. The number of aliphatic hydroxyl groups excluding tert-OH is 3. The zero-order chi connectivity index (χ0) is 49.9. The number of phenols is 2. The van der Waals surface area contributed by atoms with Gasteiger partial charge in [-0.1, -0.05) is 72.8 Å². The zero-order valence-corrected chi connectivity index (χ0v) is 40.5. The number of hydrogen-bond donors (Lipinski definition) is 9. The normalized spacial score (nSPS) is 23.0. The smallest absolute Gasteiger partial charge is 0.163 e. The number of nitrogens with one attached hydrogen (secondary N) is 3. The first-order chi connectivity index (χ1) is 34.9. The van der Waals surface area contributed by atoms with E-state index in [1.165, 1.54) is 0 Å². The first kappa shape index (κ1) is 48.9. The minimum atomic E-state index is -1.39. The molecule has 0 radical (unpaired) electrons. The molecule has 3 aliphatic carbocycles. The molecule has 3 heterocycles. The van der Waals surface area contributed by atoms with Crippen molar-refractivity contribution in [3.63, 3.8) is 0 Å². The Morgan fingerprint density at radius 3 is 2.46 bits per heavy atom. The largest absolute Gasteiger partial charge is 0.507 e. The van der Waals surface area contributed by atoms with Crippen molar-refractivity contribution in [2.24, 2.45) is 11.8 Å². The van der Waals surface area contributed by atoms with Crippen LogP contribution >= 0.6 is 0 Å². The van der Waals surface area contributed by atoms with Crippen molar-refractivity contribution in [3.05, 3.63) is 176 Å². The quantitative estimate of drug-likeness (QED) is 0.0596. The number of Topliss-reactive ketones (excluding diaryl/α,β-unsaturated/α-hetero) is 2. The van der Waals surface area contributed by atoms with E-state index in [2.05, 4.69) is 15.3 Å². The standard InChI is InChI=1S/C60H65N3O9/c64-26-21-48-53(67)16-13-37-28-49(57(69)54(29-37)72-45-10-4-5-11-45)56(68)40-15-14-39(32-44(65)27-36-7-2-1-3-8-36)42(30-40)31-41-19-24-62-59(41)63-35-43-33-51-47(20-25-61-51)50(55(43)58(48)70)34-60(71)22-17-38-9-6-12-52(66)46(38)18-23-60/h1-3,6-9,12,14-15,18-20,23-25,28-30,33,44-45,48,50,55-56,61-66,68-69,71H,4-5,10-11,13,16-17,21-22,26-27,31-32,34-35H2/t44-,48-,50-,55-,56+,60-/m1/s1. The van der Waals surface area contributed by atoms with Crippen LogP contribution in [-0.4, -0.2) is 83.1 Å². The molecule has 6 atom stereocenters. The molecule has 12 nitrogen and oxygen atoms in total. The summed E-state index contributed by atoms with van der Waals surface area (Å²) in [6.07, 6.45) is 12.9. The molecular weight excluding hydrogens is 907 g/mol. The highest BCUT2D eigenvalue weighted by molar-refractivity contribution is 6.05. The molecule has 2 aromatic heterocycles. The molecule has 0 spiro atoms. The summed E-state index contributed by atoms with van der Waals surface area (Å²) in [5, 5.41) is 73.2. The molecule has 0 unspecified atom stereocenters. The number of benzene rings is 4. The third kappa shape index (κ3) is 10.5. The lowest BCUT2D eigenvalue weighted by Gasteiger charge is -2.38. The molecule has 4 aliphatic rings. The third-order valence-electron chi connectivity index (χ3n) is 15.6. The molecule has 4 aromatic carbocycles. The molecule has 12 heteroatoms. The van der Waals surface area contributed by atoms with E-state index in [9.17, 15) is 35.4 Å². The molecule has 374 valence electrons. The minimum Gasteiger partial charge on any atom is -0.507 e. The van der Waals surface area contributed by atoms with Crippen molar-refractivity contribution in [1.82, 2.24) is 9.97 Å². The topological polar surface area (TPSA) is 208 Å². The fraction of sp³-hybridized carbons (Fsp3) is 0.367. The van der Waals surface area contributed by atoms with Crippen LogP contribution in [-0.2, 0) is 41.7 Å². The molecule has 4 bridgehead atoms. The van der Waals surface area contributed by atoms with Gasteiger partial charge < -0.3 is 50.7 Å². The van der Waals surface area contributed by atoms with Gasteiger partial charge in [0.05, 0.1) is 23.7 Å². The summed E-state index contributed by atoms with van der Waals surface area (Å²) in [5.74, 6) is -2.45. The molecule has 0 amide bonds. The number of carbonyl (C=O) groups is 2. The summed E-state index contributed by atoms with van der Waals surface area (Å²) >= 11 is 0. The summed E-state index contributed by atoms with van der Waals surface area (Å²) < 4.78 is 6.44. The Morgan fingerprint density at radius 1 is 0.819 bits per heavy atom. The Bertz CT molecular complexity index is 2980. The average Bonchev–Trinajstić information content (AvgIpc) is 4.16. The molecule has 10 rings (SSSR count). The maximum atomic E-state index is 15.6. The lowest BCUT2D eigenvalue weighted by molar-refractivity contribution is -0.135. The second-order valence-corrected chi connectivity index (χ2v) is 20.5. The van der Waals surface area contributed by atoms with E-state index in [-0.39, 0.29) is 72.7 Å². The van der Waals surface area contributed by atoms with Crippen molar-refractivity contribution in [2.75, 3.05) is 18.5 Å². The number of aryl methyl sites for hydroxylation is 2. The summed E-state index contributed by atoms with van der Waals surface area (Å²) in [4.78, 5) is 37.0. The Morgan fingerprint density at radius 2 is 1.64 bits per heavy atom. The van der Waals surface area contributed by atoms with Gasteiger partial charge in [-0.15, -0.1) is 0 Å². The van der Waals surface area contributed by atoms with Crippen LogP contribution in [0.4, 0.5) is 5.82 Å². The number of H-pyrrole nitrogens is 2. The van der Waals surface area contributed by atoms with Gasteiger partial charge in [0.1, 0.15) is 23.5 Å². The number of carbonyl (C=O) groups excluding carboxylic acids is 2. The van der Waals surface area contributed by atoms with Crippen LogP contribution in [0.3, 0.4) is 0 Å². The van der Waals surface area contributed by atoms with Crippen LogP contribution in [0.25, 0.3) is 12.2 Å². The van der Waals surface area contributed by atoms with Crippen LogP contribution < -0.4 is 10.1 Å². The maximum absolute atomic E-state index is 15.6. The number of aromatic nitrogens is 2. The number of hydrogen-bond acceptors (Lipinski definition) is 10. The van der Waals surface area contributed by atoms with Crippen molar-refractivity contribution >= 4 is 29.5 Å². The first-order valence-electron chi connectivity index (χ1n) is 25.7. The number of aromatic hydroxyl groups is 2. The van der Waals surface area contributed by atoms with Gasteiger partial charge in [-0.05, 0) is 157 Å². The zero-order valence-electron chi connectivity index (χ0n) is 40.5. The summed E-state index contributed by atoms with van der Waals surface area (Å²) in [6, 6.07) is 28.3. The third-order valence-corrected chi connectivity index (χ3v) is 15.6. The molecule has 1 saturated carbocycles. The van der Waals surface area contributed by atoms with Gasteiger partial charge in [0.25, 0.3) is 0 Å². The highest BCUT2D eigenvalue weighted by Crippen LogP contribution is 2.47. The maximum Gasteiger partial charge on any atom is 0.163 e. The van der Waals surface area contributed by atoms with E-state index in [1.807, 2.05) is 85.2 Å². The second-order valence-electron chi connectivity index (χ2n) is 20.5. The molecule has 0 saturated heterocycles. The van der Waals surface area contributed by atoms with E-state index in [1.54, 1.807) is 36.4 Å². The minimum absolute atomic E-state index is 0.0614. The van der Waals surface area contributed by atoms with Crippen LogP contribution in [0, 0.1) is 11.8 Å². The van der Waals surface area contributed by atoms with Crippen LogP contribution in [0.1, 0.15) is 125 Å². The first-order valence-corrected chi connectivity index (χ1v) is 25.7. The Balaban J connectivity index is 1.06. The van der Waals surface area contributed by atoms with Gasteiger partial charge in [-0.25, -0.2) is 0 Å². The van der Waals surface area contributed by atoms with E-state index < -0.39 is 42.2 Å². The lowest BCUT2D eigenvalue weighted by Crippen LogP contribution is -2.40. The molecule has 72 heavy (non-hydrogen) atoms. The van der Waals surface area contributed by atoms with Crippen molar-refractivity contribution < 1.29 is 45.0 Å². The SMILES string of the molecule is O=C1CCc2cc(OC3CCCC3)c(O)c(c2)[C@@H](O)c2ccc(C[C@H](O)Cc3ccccc3)c(c2)Cc2cc[nH]c2NCC2=Cc3[nH]ccc3[C@@H](C[C@]3(O)C=Cc4c(O)cccc4CC3)[C@@H]2C(=O)[C@@H]1CCO. The number of rotatable bonds is 10. The summed E-state index contributed by atoms with van der Waals surface area (Å²) in [7, 11) is 0. The number of aliphatic hydroxyl groups is 4. The summed E-state index contributed by atoms with van der Waals surface area (Å²) in [6.45, 7) is -0.200. The van der Waals surface area contributed by atoms with E-state index in [0.29, 0.717) is 60.2 Å². The number of aromatic amines is 2. The molecule has 1 fully saturated rings. The van der Waals surface area contributed by atoms with Gasteiger partial charge in [-0.2, -0.15) is 0 Å². The number of phenolic OH excluding ortho intramolecular Hbond substituents is 2. The van der Waals surface area contributed by atoms with Gasteiger partial charge in [0.2, 0.25) is 0 Å². The molecule has 9 N–H and O–H groups in total. The average molecular weight is 972 g/mol. The predicted octanol–water partition coefficient (Wildman–Crippen LogP) is 8.97. The van der Waals surface area contributed by atoms with Crippen molar-refractivity contribution in [3.8, 4) is 17.2 Å². The van der Waals surface area contributed by atoms with E-state index in [0.717, 1.165) is 64.8 Å². The molecule has 1 aliphatic heterocycles. The Kier molecular flexibility index (Phi) is 14.4. The highest BCUT2D eigenvalue weighted by Gasteiger charge is 2.45. The van der Waals surface area contributed by atoms with Crippen molar-refractivity contribution in [2.45, 2.75) is 113 Å². The van der Waals surface area contributed by atoms with Crippen LogP contribution in [0.15, 0.2) is 115 Å². The number of ether oxygens (including phenoxy) is 1. The van der Waals surface area contributed by atoms with Gasteiger partial charge in [0.15, 0.2) is 17.3 Å². The molecular formula is C60H65N3O9. The Hall–Kier alpha value is -6.70.